The van der Waals surface area contributed by atoms with Gasteiger partial charge >= 0.3 is 5.97 Å². The molecule has 1 N–H and O–H groups in total. The molecule has 0 atom stereocenters. The van der Waals surface area contributed by atoms with Crippen molar-refractivity contribution >= 4 is 5.97 Å². The van der Waals surface area contributed by atoms with Gasteiger partial charge in [-0.25, -0.2) is 0 Å². The Balaban J connectivity index is 2.77. The predicted molar refractivity (Wildman–Crippen MR) is 60.9 cm³/mol. The van der Waals surface area contributed by atoms with E-state index in [4.69, 9.17) is 0 Å². The molecule has 3 heteroatoms. The minimum atomic E-state index is -0.647. The third kappa shape index (κ3) is 2.71. The van der Waals surface area contributed by atoms with Gasteiger partial charge in [0.25, 0.3) is 0 Å². The maximum atomic E-state index is 11.4. The van der Waals surface area contributed by atoms with E-state index < -0.39 is 11.5 Å². The minimum absolute atomic E-state index is 0.153. The maximum Gasteiger partial charge on any atom is 0.324 e. The van der Waals surface area contributed by atoms with Gasteiger partial charge in [0.15, 0.2) is 0 Å². The molecule has 0 saturated heterocycles. The van der Waals surface area contributed by atoms with Gasteiger partial charge in [0, 0.05) is 6.54 Å². The van der Waals surface area contributed by atoms with Gasteiger partial charge in [-0.1, -0.05) is 33.6 Å². The van der Waals surface area contributed by atoms with Gasteiger partial charge in [-0.3, -0.25) is 9.69 Å². The molecule has 0 radical (unpaired) electrons. The highest BCUT2D eigenvalue weighted by Crippen LogP contribution is 2.36. The highest BCUT2D eigenvalue weighted by atomic mass is 16.4. The van der Waals surface area contributed by atoms with E-state index in [1.807, 2.05) is 11.9 Å². The molecule has 1 fully saturated rings. The van der Waals surface area contributed by atoms with Gasteiger partial charge in [0.05, 0.1) is 0 Å². The van der Waals surface area contributed by atoms with E-state index in [2.05, 4.69) is 20.8 Å². The van der Waals surface area contributed by atoms with Crippen LogP contribution in [0.15, 0.2) is 0 Å². The lowest BCUT2D eigenvalue weighted by atomic mass is 9.90. The topological polar surface area (TPSA) is 40.5 Å². The van der Waals surface area contributed by atoms with Crippen molar-refractivity contribution in [3.05, 3.63) is 0 Å². The van der Waals surface area contributed by atoms with Crippen molar-refractivity contribution in [2.75, 3.05) is 13.6 Å². The molecule has 0 bridgehead atoms. The second kappa shape index (κ2) is 4.12. The van der Waals surface area contributed by atoms with Crippen LogP contribution < -0.4 is 0 Å². The van der Waals surface area contributed by atoms with Gasteiger partial charge in [-0.2, -0.15) is 0 Å². The summed E-state index contributed by atoms with van der Waals surface area (Å²) >= 11 is 0. The molecule has 0 amide bonds. The summed E-state index contributed by atoms with van der Waals surface area (Å²) < 4.78 is 0. The van der Waals surface area contributed by atoms with E-state index in [-0.39, 0.29) is 5.41 Å². The third-order valence-corrected chi connectivity index (χ3v) is 3.27. The summed E-state index contributed by atoms with van der Waals surface area (Å²) in [6, 6.07) is 0. The zero-order chi connectivity index (χ0) is 11.7. The van der Waals surface area contributed by atoms with Gasteiger partial charge in [0.2, 0.25) is 0 Å². The van der Waals surface area contributed by atoms with Gasteiger partial charge in [-0.15, -0.1) is 0 Å². The molecule has 0 aromatic rings. The van der Waals surface area contributed by atoms with Crippen LogP contribution in [-0.2, 0) is 4.79 Å². The molecule has 88 valence electrons. The van der Waals surface area contributed by atoms with Crippen molar-refractivity contribution in [1.82, 2.24) is 4.90 Å². The number of hydrogen-bond donors (Lipinski definition) is 1. The zero-order valence-electron chi connectivity index (χ0n) is 10.3. The first-order chi connectivity index (χ1) is 6.78. The van der Waals surface area contributed by atoms with Gasteiger partial charge in [0.1, 0.15) is 5.54 Å². The predicted octanol–water partition coefficient (Wildman–Crippen LogP) is 2.36. The molecule has 15 heavy (non-hydrogen) atoms. The van der Waals surface area contributed by atoms with Crippen molar-refractivity contribution in [1.29, 1.82) is 0 Å². The number of nitrogens with zero attached hydrogens (tertiary/aromatic N) is 1. The summed E-state index contributed by atoms with van der Waals surface area (Å²) in [7, 11) is 1.95. The molecule has 0 aromatic carbocycles. The molecule has 1 saturated carbocycles. The van der Waals surface area contributed by atoms with Crippen LogP contribution in [-0.4, -0.2) is 35.1 Å². The average Bonchev–Trinajstić information content (AvgIpc) is 2.48. The van der Waals surface area contributed by atoms with Crippen LogP contribution in [0.2, 0.25) is 0 Å². The zero-order valence-corrected chi connectivity index (χ0v) is 10.3. The molecule has 0 unspecified atom stereocenters. The van der Waals surface area contributed by atoms with Crippen LogP contribution in [0.1, 0.15) is 46.5 Å². The first-order valence-electron chi connectivity index (χ1n) is 5.73. The number of carbonyl (C=O) groups is 1. The van der Waals surface area contributed by atoms with Crippen molar-refractivity contribution in [2.24, 2.45) is 5.41 Å². The van der Waals surface area contributed by atoms with Gasteiger partial charge in [-0.05, 0) is 25.3 Å². The highest BCUT2D eigenvalue weighted by molar-refractivity contribution is 5.79. The molecule has 0 spiro atoms. The molecule has 1 rings (SSSR count). The summed E-state index contributed by atoms with van der Waals surface area (Å²) in [6.07, 6.45) is 3.69. The monoisotopic (exact) mass is 213 g/mol. The number of rotatable bonds is 3. The van der Waals surface area contributed by atoms with Crippen LogP contribution in [0.4, 0.5) is 0 Å². The Bertz CT molecular complexity index is 236. The van der Waals surface area contributed by atoms with Crippen molar-refractivity contribution in [3.63, 3.8) is 0 Å². The summed E-state index contributed by atoms with van der Waals surface area (Å²) in [5.74, 6) is -0.647. The maximum absolute atomic E-state index is 11.4. The normalized spacial score (nSPS) is 20.9. The quantitative estimate of drug-likeness (QED) is 0.782. The van der Waals surface area contributed by atoms with Crippen molar-refractivity contribution < 1.29 is 9.90 Å². The van der Waals surface area contributed by atoms with E-state index in [0.717, 1.165) is 32.2 Å². The third-order valence-electron chi connectivity index (χ3n) is 3.27. The molecular weight excluding hydrogens is 190 g/mol. The first-order valence-corrected chi connectivity index (χ1v) is 5.73. The van der Waals surface area contributed by atoms with Crippen LogP contribution in [0.25, 0.3) is 0 Å². The number of carboxylic acids is 1. The fraction of sp³-hybridized carbons (Fsp3) is 0.917. The lowest BCUT2D eigenvalue weighted by Gasteiger charge is -2.38. The second-order valence-electron chi connectivity index (χ2n) is 5.96. The Morgan fingerprint density at radius 1 is 1.33 bits per heavy atom. The molecule has 0 aromatic heterocycles. The highest BCUT2D eigenvalue weighted by Gasteiger charge is 2.45. The largest absolute Gasteiger partial charge is 0.480 e. The number of likely N-dealkylation sites (N-methyl/N-ethyl adjacent to an activating group) is 1. The Morgan fingerprint density at radius 2 is 1.80 bits per heavy atom. The van der Waals surface area contributed by atoms with E-state index in [9.17, 15) is 9.90 Å². The van der Waals surface area contributed by atoms with Crippen molar-refractivity contribution in [3.8, 4) is 0 Å². The Hall–Kier alpha value is -0.570. The average molecular weight is 213 g/mol. The molecule has 1 aliphatic carbocycles. The summed E-state index contributed by atoms with van der Waals surface area (Å²) in [5.41, 5.74) is -0.437. The van der Waals surface area contributed by atoms with Crippen LogP contribution in [0.5, 0.6) is 0 Å². The molecular formula is C12H23NO2. The lowest BCUT2D eigenvalue weighted by molar-refractivity contribution is -0.151. The van der Waals surface area contributed by atoms with E-state index in [1.165, 1.54) is 0 Å². The number of carboxylic acid groups (broad SMARTS) is 1. The molecule has 3 nitrogen and oxygen atoms in total. The minimum Gasteiger partial charge on any atom is -0.480 e. The smallest absolute Gasteiger partial charge is 0.324 e. The summed E-state index contributed by atoms with van der Waals surface area (Å²) in [4.78, 5) is 13.5. The molecule has 0 aliphatic heterocycles. The van der Waals surface area contributed by atoms with E-state index >= 15 is 0 Å². The van der Waals surface area contributed by atoms with Crippen molar-refractivity contribution in [2.45, 2.75) is 52.0 Å². The second-order valence-corrected chi connectivity index (χ2v) is 5.96. The SMILES string of the molecule is CN(CC(C)(C)C)C1(C(=O)O)CCCC1. The summed E-state index contributed by atoms with van der Waals surface area (Å²) in [5, 5.41) is 9.39. The molecule has 0 heterocycles. The fourth-order valence-corrected chi connectivity index (χ4v) is 2.58. The van der Waals surface area contributed by atoms with E-state index in [1.54, 1.807) is 0 Å². The number of hydrogen-bond acceptors (Lipinski definition) is 2. The first kappa shape index (κ1) is 12.5. The van der Waals surface area contributed by atoms with E-state index in [0.29, 0.717) is 0 Å². The Morgan fingerprint density at radius 3 is 2.13 bits per heavy atom. The molecule has 1 aliphatic rings. The Kier molecular flexibility index (Phi) is 3.44. The lowest BCUT2D eigenvalue weighted by Crippen LogP contribution is -2.53. The standard InChI is InChI=1S/C12H23NO2/c1-11(2,3)9-13(4)12(10(14)15)7-5-6-8-12/h5-9H2,1-4H3,(H,14,15). The Labute approximate surface area is 92.5 Å². The fourth-order valence-electron chi connectivity index (χ4n) is 2.58. The summed E-state index contributed by atoms with van der Waals surface area (Å²) in [6.45, 7) is 7.27. The van der Waals surface area contributed by atoms with Crippen LogP contribution in [0.3, 0.4) is 0 Å². The van der Waals surface area contributed by atoms with Crippen LogP contribution >= 0.6 is 0 Å². The van der Waals surface area contributed by atoms with Gasteiger partial charge < -0.3 is 5.11 Å². The number of aliphatic carboxylic acids is 1. The van der Waals surface area contributed by atoms with Crippen LogP contribution in [0, 0.1) is 5.41 Å².